The van der Waals surface area contributed by atoms with Gasteiger partial charge in [0.25, 0.3) is 5.78 Å². The molecular weight excluding hydrogens is 330 g/mol. The number of Topliss-reactive ketones (excluding diaryl/α,β-unsaturated/α-hetero) is 2. The number of fused-ring (bicyclic) bond motifs is 1. The molecular formula is C16H17N3O6. The smallest absolute Gasteiger partial charge is 0.433 e. The third kappa shape index (κ3) is 3.44. The van der Waals surface area contributed by atoms with Gasteiger partial charge < -0.3 is 15.2 Å². The SMILES string of the molecule is CCOC(=O)NN(C(=O)OCC)C1=C(N)c2ccccc2C(=O)C1=O. The van der Waals surface area contributed by atoms with Gasteiger partial charge in [-0.25, -0.2) is 15.0 Å². The standard InChI is InChI=1S/C16H17N3O6/c1-3-24-15(22)18-19(16(23)25-4-2)12-11(17)9-7-5-6-8-10(9)13(20)14(12)21/h5-8H,3-4,17H2,1-2H3,(H,18,22). The Bertz CT molecular complexity index is 771. The predicted octanol–water partition coefficient (Wildman–Crippen LogP) is 1.20. The minimum atomic E-state index is -1.07. The van der Waals surface area contributed by atoms with E-state index in [1.54, 1.807) is 26.0 Å². The fourth-order valence-corrected chi connectivity index (χ4v) is 2.25. The number of hydrogen-bond donors (Lipinski definition) is 2. The fourth-order valence-electron chi connectivity index (χ4n) is 2.25. The molecule has 9 heteroatoms. The molecule has 0 aliphatic heterocycles. The predicted molar refractivity (Wildman–Crippen MR) is 85.9 cm³/mol. The summed E-state index contributed by atoms with van der Waals surface area (Å²) in [5.74, 6) is -1.89. The van der Waals surface area contributed by atoms with Crippen molar-refractivity contribution < 1.29 is 28.7 Å². The van der Waals surface area contributed by atoms with Gasteiger partial charge >= 0.3 is 12.2 Å². The van der Waals surface area contributed by atoms with Crippen LogP contribution in [0.25, 0.3) is 5.70 Å². The number of carbonyl (C=O) groups is 4. The molecule has 0 radical (unpaired) electrons. The van der Waals surface area contributed by atoms with Gasteiger partial charge in [0.2, 0.25) is 5.78 Å². The summed E-state index contributed by atoms with van der Waals surface area (Å²) in [6, 6.07) is 6.19. The second kappa shape index (κ2) is 7.47. The van der Waals surface area contributed by atoms with Crippen LogP contribution < -0.4 is 11.2 Å². The highest BCUT2D eigenvalue weighted by atomic mass is 16.6. The first-order chi connectivity index (χ1) is 11.9. The van der Waals surface area contributed by atoms with Crippen LogP contribution in [0.2, 0.25) is 0 Å². The van der Waals surface area contributed by atoms with E-state index in [9.17, 15) is 19.2 Å². The number of benzene rings is 1. The van der Waals surface area contributed by atoms with E-state index in [1.807, 2.05) is 0 Å². The number of nitrogens with two attached hydrogens (primary N) is 1. The molecule has 0 atom stereocenters. The van der Waals surface area contributed by atoms with Crippen LogP contribution in [0.4, 0.5) is 9.59 Å². The number of carbonyl (C=O) groups excluding carboxylic acids is 4. The largest absolute Gasteiger partial charge is 0.449 e. The highest BCUT2D eigenvalue weighted by Crippen LogP contribution is 2.27. The van der Waals surface area contributed by atoms with E-state index in [0.29, 0.717) is 5.01 Å². The molecule has 1 aromatic rings. The van der Waals surface area contributed by atoms with Crippen molar-refractivity contribution >= 4 is 29.5 Å². The lowest BCUT2D eigenvalue weighted by molar-refractivity contribution is -0.113. The van der Waals surface area contributed by atoms with Crippen LogP contribution in [-0.2, 0) is 14.3 Å². The molecule has 1 aliphatic rings. The zero-order chi connectivity index (χ0) is 18.6. The Morgan fingerprint density at radius 3 is 2.24 bits per heavy atom. The molecule has 3 N–H and O–H groups in total. The summed E-state index contributed by atoms with van der Waals surface area (Å²) in [7, 11) is 0. The van der Waals surface area contributed by atoms with Gasteiger partial charge in [-0.3, -0.25) is 9.59 Å². The van der Waals surface area contributed by atoms with Crippen molar-refractivity contribution in [2.75, 3.05) is 13.2 Å². The maximum atomic E-state index is 12.5. The maximum Gasteiger partial charge on any atom is 0.433 e. The van der Waals surface area contributed by atoms with Gasteiger partial charge in [0.15, 0.2) is 0 Å². The average molecular weight is 347 g/mol. The number of hydrogen-bond acceptors (Lipinski definition) is 7. The Morgan fingerprint density at radius 2 is 1.64 bits per heavy atom. The van der Waals surface area contributed by atoms with Gasteiger partial charge in [0, 0.05) is 11.1 Å². The van der Waals surface area contributed by atoms with Crippen molar-refractivity contribution in [3.05, 3.63) is 41.1 Å². The van der Waals surface area contributed by atoms with Crippen molar-refractivity contribution in [3.8, 4) is 0 Å². The number of nitrogens with one attached hydrogen (secondary N) is 1. The Kier molecular flexibility index (Phi) is 5.38. The van der Waals surface area contributed by atoms with Crippen LogP contribution in [0.1, 0.15) is 29.8 Å². The quantitative estimate of drug-likeness (QED) is 0.621. The van der Waals surface area contributed by atoms with Crippen LogP contribution in [0.15, 0.2) is 30.0 Å². The highest BCUT2D eigenvalue weighted by molar-refractivity contribution is 6.52. The lowest BCUT2D eigenvalue weighted by Gasteiger charge is -2.27. The first-order valence-electron chi connectivity index (χ1n) is 7.50. The summed E-state index contributed by atoms with van der Waals surface area (Å²) in [5.41, 5.74) is 7.84. The van der Waals surface area contributed by atoms with E-state index in [2.05, 4.69) is 5.43 Å². The van der Waals surface area contributed by atoms with E-state index in [4.69, 9.17) is 15.2 Å². The number of allylic oxidation sites excluding steroid dienone is 1. The number of ether oxygens (including phenoxy) is 2. The summed E-state index contributed by atoms with van der Waals surface area (Å²) >= 11 is 0. The topological polar surface area (TPSA) is 128 Å². The van der Waals surface area contributed by atoms with E-state index in [1.165, 1.54) is 12.1 Å². The van der Waals surface area contributed by atoms with Crippen LogP contribution in [0, 0.1) is 0 Å². The molecule has 2 rings (SSSR count). The van der Waals surface area contributed by atoms with Crippen LogP contribution in [0.5, 0.6) is 0 Å². The fraction of sp³-hybridized carbons (Fsp3) is 0.250. The first kappa shape index (κ1) is 18.0. The molecule has 0 fully saturated rings. The van der Waals surface area contributed by atoms with Crippen molar-refractivity contribution in [1.82, 2.24) is 10.4 Å². The summed E-state index contributed by atoms with van der Waals surface area (Å²) < 4.78 is 9.52. The molecule has 132 valence electrons. The second-order valence-corrected chi connectivity index (χ2v) is 4.83. The van der Waals surface area contributed by atoms with Gasteiger partial charge in [-0.2, -0.15) is 5.01 Å². The molecule has 0 saturated heterocycles. The lowest BCUT2D eigenvalue weighted by Crippen LogP contribution is -2.50. The van der Waals surface area contributed by atoms with Gasteiger partial charge in [-0.1, -0.05) is 24.3 Å². The van der Waals surface area contributed by atoms with E-state index >= 15 is 0 Å². The van der Waals surface area contributed by atoms with Gasteiger partial charge in [-0.05, 0) is 13.8 Å². The van der Waals surface area contributed by atoms with E-state index < -0.39 is 29.5 Å². The molecule has 1 aliphatic carbocycles. The Morgan fingerprint density at radius 1 is 1.04 bits per heavy atom. The number of amides is 2. The minimum absolute atomic E-state index is 0.0221. The average Bonchev–Trinajstić information content (AvgIpc) is 2.59. The number of ketones is 2. The lowest BCUT2D eigenvalue weighted by atomic mass is 9.90. The maximum absolute atomic E-state index is 12.5. The molecule has 0 spiro atoms. The van der Waals surface area contributed by atoms with E-state index in [0.717, 1.165) is 0 Å². The second-order valence-electron chi connectivity index (χ2n) is 4.83. The summed E-state index contributed by atoms with van der Waals surface area (Å²) in [5, 5.41) is 0.493. The molecule has 0 saturated carbocycles. The monoisotopic (exact) mass is 347 g/mol. The molecule has 0 heterocycles. The van der Waals surface area contributed by atoms with Gasteiger partial charge in [0.1, 0.15) is 5.70 Å². The van der Waals surface area contributed by atoms with Crippen molar-refractivity contribution in [2.24, 2.45) is 5.73 Å². The molecule has 0 unspecified atom stereocenters. The van der Waals surface area contributed by atoms with Crippen LogP contribution >= 0.6 is 0 Å². The van der Waals surface area contributed by atoms with Crippen LogP contribution in [0.3, 0.4) is 0 Å². The van der Waals surface area contributed by atoms with Crippen LogP contribution in [-0.4, -0.2) is 42.0 Å². The first-order valence-corrected chi connectivity index (χ1v) is 7.50. The zero-order valence-electron chi connectivity index (χ0n) is 13.7. The Hall–Kier alpha value is -3.36. The summed E-state index contributed by atoms with van der Waals surface area (Å²) in [6.45, 7) is 3.12. The normalized spacial score (nSPS) is 13.2. The third-order valence-electron chi connectivity index (χ3n) is 3.29. The van der Waals surface area contributed by atoms with Gasteiger partial charge in [-0.15, -0.1) is 0 Å². The number of hydrazine groups is 1. The van der Waals surface area contributed by atoms with Crippen molar-refractivity contribution in [1.29, 1.82) is 0 Å². The minimum Gasteiger partial charge on any atom is -0.449 e. The van der Waals surface area contributed by atoms with Crippen molar-refractivity contribution in [3.63, 3.8) is 0 Å². The molecule has 1 aromatic carbocycles. The van der Waals surface area contributed by atoms with Gasteiger partial charge in [0.05, 0.1) is 18.9 Å². The Labute approximate surface area is 143 Å². The highest BCUT2D eigenvalue weighted by Gasteiger charge is 2.38. The zero-order valence-corrected chi connectivity index (χ0v) is 13.7. The number of rotatable bonds is 3. The molecule has 0 bridgehead atoms. The Balaban J connectivity index is 2.54. The van der Waals surface area contributed by atoms with Crippen molar-refractivity contribution in [2.45, 2.75) is 13.8 Å². The summed E-state index contributed by atoms with van der Waals surface area (Å²) in [6.07, 6.45) is -2.08. The molecule has 0 aromatic heterocycles. The molecule has 25 heavy (non-hydrogen) atoms. The third-order valence-corrected chi connectivity index (χ3v) is 3.29. The molecule has 9 nitrogen and oxygen atoms in total. The summed E-state index contributed by atoms with van der Waals surface area (Å²) in [4.78, 5) is 48.6. The van der Waals surface area contributed by atoms with E-state index in [-0.39, 0.29) is 30.0 Å². The number of nitrogens with zero attached hydrogens (tertiary/aromatic N) is 1. The molecule has 2 amide bonds.